The van der Waals surface area contributed by atoms with Crippen LogP contribution in [0.1, 0.15) is 0 Å². The Kier molecular flexibility index (Phi) is 5.29. The zero-order valence-corrected chi connectivity index (χ0v) is 11.2. The summed E-state index contributed by atoms with van der Waals surface area (Å²) in [6, 6.07) is 0. The molecule has 0 amide bonds. The maximum atomic E-state index is 13.1. The van der Waals surface area contributed by atoms with Gasteiger partial charge in [0.2, 0.25) is 0 Å². The predicted molar refractivity (Wildman–Crippen MR) is 51.8 cm³/mol. The van der Waals surface area contributed by atoms with E-state index < -0.39 is 26.5 Å². The zero-order chi connectivity index (χ0) is 15.2. The van der Waals surface area contributed by atoms with Crippen LogP contribution in [0.25, 0.3) is 0 Å². The normalized spacial score (nSPS) is 21.3. The first kappa shape index (κ1) is 18.9. The van der Waals surface area contributed by atoms with E-state index in [9.17, 15) is 30.7 Å². The summed E-state index contributed by atoms with van der Waals surface area (Å²) in [7, 11) is 0. The minimum Gasteiger partial charge on any atom is -0.262 e. The second-order valence-corrected chi connectivity index (χ2v) is 5.99. The molecule has 0 fully saturated rings. The lowest BCUT2D eigenvalue weighted by Gasteiger charge is -2.34. The molecule has 0 bridgehead atoms. The maximum absolute atomic E-state index is 13.1. The van der Waals surface area contributed by atoms with Gasteiger partial charge < -0.3 is 0 Å². The standard InChI is InChI=1S/C5Cl5F7O/c6-1(11,4(13,14)15)5(16,17)18-3(10,12)2(7,8)9. The molecule has 0 aliphatic heterocycles. The van der Waals surface area contributed by atoms with Crippen molar-refractivity contribution in [2.24, 2.45) is 0 Å². The third-order valence-electron chi connectivity index (χ3n) is 1.31. The minimum atomic E-state index is -6.31. The molecule has 0 saturated heterocycles. The third kappa shape index (κ3) is 3.73. The van der Waals surface area contributed by atoms with Crippen LogP contribution in [0.3, 0.4) is 0 Å². The van der Waals surface area contributed by atoms with Gasteiger partial charge in [-0.15, -0.1) is 0 Å². The van der Waals surface area contributed by atoms with E-state index >= 15 is 0 Å². The first-order valence-corrected chi connectivity index (χ1v) is 5.32. The molecule has 0 rings (SSSR count). The van der Waals surface area contributed by atoms with Crippen LogP contribution in [-0.2, 0) is 4.74 Å². The van der Waals surface area contributed by atoms with Gasteiger partial charge in [0.1, 0.15) is 0 Å². The molecule has 0 aromatic heterocycles. The first-order valence-electron chi connectivity index (χ1n) is 3.43. The van der Waals surface area contributed by atoms with Crippen molar-refractivity contribution in [2.45, 2.75) is 26.5 Å². The largest absolute Gasteiger partial charge is 0.446 e. The van der Waals surface area contributed by atoms with Crippen molar-refractivity contribution in [2.75, 3.05) is 0 Å². The topological polar surface area (TPSA) is 9.23 Å². The fourth-order valence-corrected chi connectivity index (χ4v) is 0.699. The van der Waals surface area contributed by atoms with E-state index in [-0.39, 0.29) is 0 Å². The lowest BCUT2D eigenvalue weighted by Crippen LogP contribution is -2.56. The second kappa shape index (κ2) is 5.04. The van der Waals surface area contributed by atoms with Gasteiger partial charge in [-0.05, 0) is 11.6 Å². The van der Waals surface area contributed by atoms with Crippen molar-refractivity contribution in [1.29, 1.82) is 0 Å². The Morgan fingerprint density at radius 2 is 1.00 bits per heavy atom. The summed E-state index contributed by atoms with van der Waals surface area (Å²) in [5.74, 6) is 0. The van der Waals surface area contributed by atoms with Crippen LogP contribution in [0, 0.1) is 0 Å². The first-order chi connectivity index (χ1) is 7.46. The number of hydrogen-bond donors (Lipinski definition) is 0. The lowest BCUT2D eigenvalue weighted by molar-refractivity contribution is -0.384. The molecule has 1 nitrogen and oxygen atoms in total. The third-order valence-corrected chi connectivity index (χ3v) is 3.12. The molecule has 0 N–H and O–H groups in total. The fourth-order valence-electron chi connectivity index (χ4n) is 0.448. The smallest absolute Gasteiger partial charge is 0.262 e. The molecular formula is C5Cl5F7O. The fraction of sp³-hybridized carbons (Fsp3) is 1.00. The van der Waals surface area contributed by atoms with Crippen LogP contribution in [0.15, 0.2) is 0 Å². The average molecular weight is 386 g/mol. The zero-order valence-electron chi connectivity index (χ0n) is 7.44. The van der Waals surface area contributed by atoms with Gasteiger partial charge in [0.15, 0.2) is 0 Å². The Labute approximate surface area is 120 Å². The molecular weight excluding hydrogens is 386 g/mol. The van der Waals surface area contributed by atoms with Crippen molar-refractivity contribution in [1.82, 2.24) is 0 Å². The van der Waals surface area contributed by atoms with Crippen LogP contribution in [0.2, 0.25) is 0 Å². The van der Waals surface area contributed by atoms with Crippen LogP contribution in [-0.4, -0.2) is 26.5 Å². The van der Waals surface area contributed by atoms with E-state index in [1.165, 1.54) is 0 Å². The number of rotatable bonds is 3. The molecule has 0 aliphatic carbocycles. The molecule has 0 radical (unpaired) electrons. The van der Waals surface area contributed by atoms with Gasteiger partial charge in [-0.3, -0.25) is 4.74 Å². The highest BCUT2D eigenvalue weighted by Gasteiger charge is 2.75. The van der Waals surface area contributed by atoms with Crippen molar-refractivity contribution in [3.8, 4) is 0 Å². The quantitative estimate of drug-likeness (QED) is 0.473. The molecule has 0 heterocycles. The molecule has 0 aromatic carbocycles. The van der Waals surface area contributed by atoms with Crippen LogP contribution >= 0.6 is 58.0 Å². The highest BCUT2D eigenvalue weighted by atomic mass is 35.6. The van der Waals surface area contributed by atoms with Gasteiger partial charge in [0.25, 0.3) is 3.79 Å². The van der Waals surface area contributed by atoms with Crippen LogP contribution in [0.5, 0.6) is 0 Å². The summed E-state index contributed by atoms with van der Waals surface area (Å²) >= 11 is 22.6. The van der Waals surface area contributed by atoms with Crippen molar-refractivity contribution in [3.63, 3.8) is 0 Å². The number of alkyl halides is 12. The molecule has 0 spiro atoms. The van der Waals surface area contributed by atoms with E-state index in [1.807, 2.05) is 0 Å². The Morgan fingerprint density at radius 3 is 1.22 bits per heavy atom. The van der Waals surface area contributed by atoms with Crippen molar-refractivity contribution >= 4 is 58.0 Å². The highest BCUT2D eigenvalue weighted by Crippen LogP contribution is 2.54. The van der Waals surface area contributed by atoms with E-state index in [2.05, 4.69) is 27.9 Å². The molecule has 13 heteroatoms. The van der Waals surface area contributed by atoms with Gasteiger partial charge in [-0.25, -0.2) is 4.39 Å². The van der Waals surface area contributed by atoms with E-state index in [0.29, 0.717) is 0 Å². The maximum Gasteiger partial charge on any atom is 0.446 e. The molecule has 18 heavy (non-hydrogen) atoms. The summed E-state index contributed by atoms with van der Waals surface area (Å²) in [5, 5.41) is -10.2. The summed E-state index contributed by atoms with van der Waals surface area (Å²) in [4.78, 5) is 0. The molecule has 0 aliphatic rings. The van der Waals surface area contributed by atoms with Gasteiger partial charge in [-0.1, -0.05) is 46.4 Å². The van der Waals surface area contributed by atoms with Crippen molar-refractivity contribution < 1.29 is 35.5 Å². The molecule has 0 saturated carbocycles. The monoisotopic (exact) mass is 384 g/mol. The minimum absolute atomic E-state index is 2.72. The molecule has 2 atom stereocenters. The second-order valence-electron chi connectivity index (χ2n) is 2.71. The summed E-state index contributed by atoms with van der Waals surface area (Å²) in [6.07, 6.45) is -12.3. The Bertz CT molecular complexity index is 308. The Hall–Kier alpha value is 0.920. The molecule has 2 unspecified atom stereocenters. The Balaban J connectivity index is 5.33. The van der Waals surface area contributed by atoms with Crippen molar-refractivity contribution in [3.05, 3.63) is 0 Å². The van der Waals surface area contributed by atoms with Gasteiger partial charge in [0, 0.05) is 0 Å². The van der Waals surface area contributed by atoms with E-state index in [0.717, 1.165) is 0 Å². The van der Waals surface area contributed by atoms with Gasteiger partial charge >= 0.3 is 22.7 Å². The number of ether oxygens (including phenoxy) is 1. The summed E-state index contributed by atoms with van der Waals surface area (Å²) in [6.45, 7) is 0. The summed E-state index contributed by atoms with van der Waals surface area (Å²) in [5.41, 5.74) is 0. The van der Waals surface area contributed by atoms with Crippen LogP contribution < -0.4 is 0 Å². The highest BCUT2D eigenvalue weighted by molar-refractivity contribution is 6.70. The van der Waals surface area contributed by atoms with E-state index in [4.69, 9.17) is 34.8 Å². The average Bonchev–Trinajstić information content (AvgIpc) is 1.96. The van der Waals surface area contributed by atoms with Gasteiger partial charge in [0.05, 0.1) is 0 Å². The predicted octanol–water partition coefficient (Wildman–Crippen LogP) is 5.29. The Morgan fingerprint density at radius 1 is 0.667 bits per heavy atom. The number of halogens is 12. The summed E-state index contributed by atoms with van der Waals surface area (Å²) < 4.78 is 86.2. The molecule has 110 valence electrons. The van der Waals surface area contributed by atoms with E-state index in [1.54, 1.807) is 0 Å². The van der Waals surface area contributed by atoms with Gasteiger partial charge in [-0.2, -0.15) is 26.3 Å². The SMILES string of the molecule is FC(F)(F)C(F)(Cl)C(F)(F)OC(F)(Cl)C(Cl)(Cl)Cl. The number of hydrogen-bond acceptors (Lipinski definition) is 1. The lowest BCUT2D eigenvalue weighted by atomic mass is 10.3. The van der Waals surface area contributed by atoms with Crippen LogP contribution in [0.4, 0.5) is 30.7 Å². The molecule has 0 aromatic rings.